The molecule has 1 aliphatic carbocycles. The lowest BCUT2D eigenvalue weighted by Gasteiger charge is -2.48. The van der Waals surface area contributed by atoms with Gasteiger partial charge in [-0.25, -0.2) is 0 Å². The lowest BCUT2D eigenvalue weighted by Crippen LogP contribution is -2.59. The lowest BCUT2D eigenvalue weighted by atomic mass is 9.79. The third kappa shape index (κ3) is 4.93. The highest BCUT2D eigenvalue weighted by molar-refractivity contribution is 5.88. The van der Waals surface area contributed by atoms with Crippen molar-refractivity contribution in [3.05, 3.63) is 59.3 Å². The molecule has 0 spiro atoms. The zero-order valence-electron chi connectivity index (χ0n) is 22.1. The maximum atomic E-state index is 12.6. The van der Waals surface area contributed by atoms with Gasteiger partial charge in [-0.1, -0.05) is 25.6 Å². The summed E-state index contributed by atoms with van der Waals surface area (Å²) < 4.78 is 5.82. The second kappa shape index (κ2) is 10.5. The first-order valence-corrected chi connectivity index (χ1v) is 13.5. The Kier molecular flexibility index (Phi) is 7.26. The monoisotopic (exact) mass is 520 g/mol. The number of aromatic nitrogens is 1. The predicted octanol–water partition coefficient (Wildman–Crippen LogP) is 2.95. The molecule has 0 radical (unpaired) electrons. The van der Waals surface area contributed by atoms with Gasteiger partial charge in [0.05, 0.1) is 31.0 Å². The molecular weight excluding hydrogens is 480 g/mol. The number of hydrogen-bond acceptors (Lipinski definition) is 7. The molecule has 9 nitrogen and oxygen atoms in total. The molecule has 2 bridgehead atoms. The number of nitrogens with two attached hydrogens (primary N) is 3. The standard InChI is InChI=1S/C29H40N6O3/c1-3-25(37)35-19-11-18(12-20(35)16-38-15-19)27-26(17(2)14-33-29(32)9-6-10-29)22(28(31)34-27)13-23(30)21-7-4-5-8-24(21)36/h3-5,7-8,13,17-20,33-34,36H,1,6,9-12,14-16,30-32H2,2H3/b23-13-. The number of phenols is 1. The van der Waals surface area contributed by atoms with E-state index >= 15 is 0 Å². The Morgan fingerprint density at radius 3 is 2.61 bits per heavy atom. The minimum absolute atomic E-state index is 0.0172. The number of carbonyl (C=O) groups excluding carboxylic acids is 1. The van der Waals surface area contributed by atoms with Crippen molar-refractivity contribution in [2.75, 3.05) is 25.5 Å². The Morgan fingerprint density at radius 1 is 1.32 bits per heavy atom. The fourth-order valence-electron chi connectivity index (χ4n) is 6.34. The lowest BCUT2D eigenvalue weighted by molar-refractivity contribution is -0.146. The minimum atomic E-state index is -0.314. The molecule has 3 aliphatic rings. The first kappa shape index (κ1) is 26.3. The van der Waals surface area contributed by atoms with Crippen molar-refractivity contribution in [1.29, 1.82) is 0 Å². The van der Waals surface area contributed by atoms with Crippen LogP contribution in [0.4, 0.5) is 5.82 Å². The summed E-state index contributed by atoms with van der Waals surface area (Å²) in [5.41, 5.74) is 23.3. The van der Waals surface area contributed by atoms with Crippen LogP contribution in [0.5, 0.6) is 5.75 Å². The number of aromatic hydroxyl groups is 1. The van der Waals surface area contributed by atoms with Crippen molar-refractivity contribution < 1.29 is 14.6 Å². The molecule has 9 N–H and O–H groups in total. The van der Waals surface area contributed by atoms with Gasteiger partial charge in [-0.3, -0.25) is 10.1 Å². The summed E-state index contributed by atoms with van der Waals surface area (Å²) in [7, 11) is 0. The number of H-pyrrole nitrogens is 1. The van der Waals surface area contributed by atoms with E-state index in [9.17, 15) is 9.90 Å². The summed E-state index contributed by atoms with van der Waals surface area (Å²) in [5.74, 6) is 0.878. The third-order valence-electron chi connectivity index (χ3n) is 8.51. The number of carbonyl (C=O) groups is 1. The molecule has 9 heteroatoms. The SMILES string of the molecule is C=CC(=O)N1C2COCC1CC(c1[nH]c(N)c(/C=C(\N)c3ccccc3O)c1C(C)CNC1(N)CCC1)C2. The number of aromatic amines is 1. The number of nitrogen functional groups attached to an aromatic ring is 1. The van der Waals surface area contributed by atoms with E-state index in [1.54, 1.807) is 18.2 Å². The van der Waals surface area contributed by atoms with Gasteiger partial charge in [0.15, 0.2) is 0 Å². The van der Waals surface area contributed by atoms with Crippen LogP contribution < -0.4 is 22.5 Å². The topological polar surface area (TPSA) is 156 Å². The first-order chi connectivity index (χ1) is 18.2. The van der Waals surface area contributed by atoms with E-state index in [1.165, 1.54) is 6.08 Å². The number of ether oxygens (including phenoxy) is 1. The van der Waals surface area contributed by atoms with Crippen LogP contribution in [0.2, 0.25) is 0 Å². The molecule has 1 aromatic heterocycles. The van der Waals surface area contributed by atoms with Crippen LogP contribution in [-0.2, 0) is 9.53 Å². The Morgan fingerprint density at radius 2 is 2.00 bits per heavy atom. The van der Waals surface area contributed by atoms with E-state index in [4.69, 9.17) is 21.9 Å². The fourth-order valence-corrected chi connectivity index (χ4v) is 6.34. The van der Waals surface area contributed by atoms with Gasteiger partial charge in [0.2, 0.25) is 5.91 Å². The second-order valence-electron chi connectivity index (χ2n) is 11.2. The van der Waals surface area contributed by atoms with Crippen molar-refractivity contribution in [3.8, 4) is 5.75 Å². The van der Waals surface area contributed by atoms with Crippen LogP contribution in [0.3, 0.4) is 0 Å². The largest absolute Gasteiger partial charge is 0.507 e. The Hall–Kier alpha value is -3.27. The summed E-state index contributed by atoms with van der Waals surface area (Å²) in [4.78, 5) is 18.1. The van der Waals surface area contributed by atoms with Crippen molar-refractivity contribution in [2.24, 2.45) is 11.5 Å². The van der Waals surface area contributed by atoms with Crippen LogP contribution in [0.25, 0.3) is 11.8 Å². The zero-order chi connectivity index (χ0) is 27.0. The van der Waals surface area contributed by atoms with E-state index < -0.39 is 0 Å². The predicted molar refractivity (Wildman–Crippen MR) is 150 cm³/mol. The first-order valence-electron chi connectivity index (χ1n) is 13.5. The van der Waals surface area contributed by atoms with Crippen LogP contribution in [0, 0.1) is 0 Å². The number of morpholine rings is 1. The highest BCUT2D eigenvalue weighted by Crippen LogP contribution is 2.43. The van der Waals surface area contributed by atoms with Crippen molar-refractivity contribution >= 4 is 23.5 Å². The maximum absolute atomic E-state index is 12.6. The molecule has 1 amide bonds. The van der Waals surface area contributed by atoms with Gasteiger partial charge in [-0.05, 0) is 67.9 Å². The molecule has 5 rings (SSSR count). The molecule has 204 valence electrons. The Balaban J connectivity index is 1.51. The van der Waals surface area contributed by atoms with Gasteiger partial charge >= 0.3 is 0 Å². The van der Waals surface area contributed by atoms with Crippen LogP contribution in [0.15, 0.2) is 36.9 Å². The van der Waals surface area contributed by atoms with Crippen molar-refractivity contribution in [1.82, 2.24) is 15.2 Å². The number of para-hydroxylation sites is 1. The fraction of sp³-hybridized carbons (Fsp3) is 0.483. The van der Waals surface area contributed by atoms with Gasteiger partial charge in [-0.2, -0.15) is 0 Å². The van der Waals surface area contributed by atoms with Gasteiger partial charge in [-0.15, -0.1) is 0 Å². The van der Waals surface area contributed by atoms with Gasteiger partial charge in [0.1, 0.15) is 11.6 Å². The number of benzene rings is 1. The van der Waals surface area contributed by atoms with Crippen molar-refractivity contribution in [3.63, 3.8) is 0 Å². The van der Waals surface area contributed by atoms with E-state index in [0.29, 0.717) is 36.8 Å². The Bertz CT molecular complexity index is 1220. The van der Waals surface area contributed by atoms with Gasteiger partial charge < -0.3 is 36.9 Å². The third-order valence-corrected chi connectivity index (χ3v) is 8.51. The number of amides is 1. The highest BCUT2D eigenvalue weighted by Gasteiger charge is 2.43. The number of hydrogen-bond donors (Lipinski definition) is 6. The quantitative estimate of drug-likeness (QED) is 0.231. The molecule has 3 fully saturated rings. The minimum Gasteiger partial charge on any atom is -0.507 e. The van der Waals surface area contributed by atoms with Crippen LogP contribution in [-0.4, -0.2) is 58.4 Å². The van der Waals surface area contributed by atoms with E-state index in [-0.39, 0.29) is 41.2 Å². The summed E-state index contributed by atoms with van der Waals surface area (Å²) in [6.45, 7) is 7.59. The van der Waals surface area contributed by atoms with Gasteiger partial charge in [0.25, 0.3) is 0 Å². The van der Waals surface area contributed by atoms with Crippen LogP contribution in [0.1, 0.15) is 73.2 Å². The normalized spacial score (nSPS) is 25.5. The number of nitrogens with one attached hydrogen (secondary N) is 2. The molecule has 3 unspecified atom stereocenters. The average Bonchev–Trinajstić information content (AvgIpc) is 3.20. The number of fused-ring (bicyclic) bond motifs is 2. The summed E-state index contributed by atoms with van der Waals surface area (Å²) >= 11 is 0. The highest BCUT2D eigenvalue weighted by atomic mass is 16.5. The molecule has 1 saturated carbocycles. The maximum Gasteiger partial charge on any atom is 0.246 e. The summed E-state index contributed by atoms with van der Waals surface area (Å²) in [6.07, 6.45) is 7.85. The molecule has 3 atom stereocenters. The summed E-state index contributed by atoms with van der Waals surface area (Å²) in [5, 5.41) is 13.9. The molecule has 2 aliphatic heterocycles. The van der Waals surface area contributed by atoms with E-state index in [0.717, 1.165) is 48.9 Å². The molecule has 1 aromatic carbocycles. The van der Waals surface area contributed by atoms with Gasteiger partial charge in [0, 0.05) is 35.0 Å². The molecule has 2 saturated heterocycles. The molecule has 2 aromatic rings. The number of nitrogens with zero attached hydrogens (tertiary/aromatic N) is 1. The Labute approximate surface area is 224 Å². The number of piperidine rings is 1. The average molecular weight is 521 g/mol. The number of anilines is 1. The summed E-state index contributed by atoms with van der Waals surface area (Å²) in [6, 6.07) is 6.98. The van der Waals surface area contributed by atoms with E-state index in [1.807, 2.05) is 17.0 Å². The van der Waals surface area contributed by atoms with E-state index in [2.05, 4.69) is 23.8 Å². The zero-order valence-corrected chi connectivity index (χ0v) is 22.1. The molecule has 38 heavy (non-hydrogen) atoms. The van der Waals surface area contributed by atoms with Crippen LogP contribution >= 0.6 is 0 Å². The molecule has 3 heterocycles. The number of phenolic OH excluding ortho intramolecular Hbond substituents is 1. The number of rotatable bonds is 8. The smallest absolute Gasteiger partial charge is 0.246 e. The second-order valence-corrected chi connectivity index (χ2v) is 11.2. The van der Waals surface area contributed by atoms with Crippen molar-refractivity contribution in [2.45, 2.75) is 68.6 Å². The molecular formula is C29H40N6O3.